The Labute approximate surface area is 136 Å². The summed E-state index contributed by atoms with van der Waals surface area (Å²) in [4.78, 5) is 4.36. The number of ether oxygens (including phenoxy) is 1. The summed E-state index contributed by atoms with van der Waals surface area (Å²) in [5.74, 6) is 1.39. The Bertz CT molecular complexity index is 588. The first-order chi connectivity index (χ1) is 9.54. The molecule has 3 nitrogen and oxygen atoms in total. The Hall–Kier alpha value is -0.910. The maximum atomic E-state index is 5.88. The lowest BCUT2D eigenvalue weighted by Crippen LogP contribution is -2.22. The minimum atomic E-state index is 0.410. The van der Waals surface area contributed by atoms with Gasteiger partial charge in [-0.05, 0) is 40.2 Å². The summed E-state index contributed by atoms with van der Waals surface area (Å²) in [6, 6.07) is 10.2. The fourth-order valence-electron chi connectivity index (χ4n) is 1.64. The zero-order valence-electron chi connectivity index (χ0n) is 11.4. The summed E-state index contributed by atoms with van der Waals surface area (Å²) in [5.41, 5.74) is 1.02. The molecule has 0 bridgehead atoms. The van der Waals surface area contributed by atoms with Gasteiger partial charge in [0.2, 0.25) is 5.88 Å². The smallest absolute Gasteiger partial charge is 0.223 e. The molecule has 0 amide bonds. The minimum Gasteiger partial charge on any atom is -0.439 e. The number of nitrogens with zero attached hydrogens (tertiary/aromatic N) is 1. The molecule has 2 rings (SSSR count). The van der Waals surface area contributed by atoms with E-state index in [4.69, 9.17) is 4.74 Å². The lowest BCUT2D eigenvalue weighted by molar-refractivity contribution is 0.449. The number of pyridine rings is 1. The Balaban J connectivity index is 2.21. The molecule has 106 valence electrons. The highest BCUT2D eigenvalue weighted by Crippen LogP contribution is 2.27. The lowest BCUT2D eigenvalue weighted by atomic mass is 10.2. The molecule has 0 aliphatic rings. The number of rotatable bonds is 5. The van der Waals surface area contributed by atoms with Gasteiger partial charge in [0, 0.05) is 33.3 Å². The van der Waals surface area contributed by atoms with E-state index >= 15 is 0 Å². The second-order valence-corrected chi connectivity index (χ2v) is 6.54. The zero-order valence-corrected chi connectivity index (χ0v) is 14.5. The third-order valence-electron chi connectivity index (χ3n) is 2.60. The molecule has 0 unspecified atom stereocenters. The third kappa shape index (κ3) is 4.58. The molecule has 0 fully saturated rings. The van der Waals surface area contributed by atoms with E-state index in [9.17, 15) is 0 Å². The number of hydrogen-bond donors (Lipinski definition) is 1. The molecule has 1 N–H and O–H groups in total. The molecule has 1 aromatic heterocycles. The Morgan fingerprint density at radius 2 is 2.00 bits per heavy atom. The predicted octanol–water partition coefficient (Wildman–Crippen LogP) is 4.90. The highest BCUT2D eigenvalue weighted by Gasteiger charge is 2.08. The zero-order chi connectivity index (χ0) is 14.5. The van der Waals surface area contributed by atoms with E-state index in [1.165, 1.54) is 0 Å². The van der Waals surface area contributed by atoms with Crippen LogP contribution in [0.4, 0.5) is 0 Å². The van der Waals surface area contributed by atoms with Gasteiger partial charge in [-0.15, -0.1) is 0 Å². The molecule has 0 aliphatic carbocycles. The van der Waals surface area contributed by atoms with Crippen molar-refractivity contribution in [3.8, 4) is 11.6 Å². The van der Waals surface area contributed by atoms with Crippen LogP contribution in [0.1, 0.15) is 19.4 Å². The SMILES string of the molecule is CC(C)NCc1cc(Br)cnc1Oc1cccc(Br)c1. The highest BCUT2D eigenvalue weighted by atomic mass is 79.9. The number of benzene rings is 1. The molecule has 2 aromatic rings. The summed E-state index contributed by atoms with van der Waals surface area (Å²) in [5, 5.41) is 3.38. The van der Waals surface area contributed by atoms with Crippen LogP contribution in [0.15, 0.2) is 45.5 Å². The van der Waals surface area contributed by atoms with Crippen molar-refractivity contribution in [2.75, 3.05) is 0 Å². The van der Waals surface area contributed by atoms with Crippen LogP contribution in [0.2, 0.25) is 0 Å². The fourth-order valence-corrected chi connectivity index (χ4v) is 2.40. The first-order valence-corrected chi connectivity index (χ1v) is 7.94. The monoisotopic (exact) mass is 398 g/mol. The third-order valence-corrected chi connectivity index (χ3v) is 3.53. The topological polar surface area (TPSA) is 34.2 Å². The molecule has 0 atom stereocenters. The van der Waals surface area contributed by atoms with Crippen molar-refractivity contribution in [3.63, 3.8) is 0 Å². The molecular formula is C15H16Br2N2O. The van der Waals surface area contributed by atoms with Crippen molar-refractivity contribution in [1.29, 1.82) is 0 Å². The number of halogens is 2. The van der Waals surface area contributed by atoms with Gasteiger partial charge in [0.05, 0.1) is 0 Å². The Morgan fingerprint density at radius 3 is 2.70 bits per heavy atom. The molecule has 0 radical (unpaired) electrons. The van der Waals surface area contributed by atoms with Gasteiger partial charge in [-0.1, -0.05) is 35.8 Å². The van der Waals surface area contributed by atoms with Gasteiger partial charge in [0.25, 0.3) is 0 Å². The Morgan fingerprint density at radius 1 is 1.20 bits per heavy atom. The summed E-state index contributed by atoms with van der Waals surface area (Å²) >= 11 is 6.88. The average Bonchev–Trinajstić information content (AvgIpc) is 2.39. The van der Waals surface area contributed by atoms with Crippen molar-refractivity contribution in [2.24, 2.45) is 0 Å². The first kappa shape index (κ1) is 15.5. The van der Waals surface area contributed by atoms with Gasteiger partial charge in [-0.2, -0.15) is 0 Å². The molecule has 20 heavy (non-hydrogen) atoms. The Kier molecular flexibility index (Phi) is 5.57. The van der Waals surface area contributed by atoms with Gasteiger partial charge in [-0.3, -0.25) is 0 Å². The van der Waals surface area contributed by atoms with Crippen LogP contribution in [-0.2, 0) is 6.54 Å². The number of nitrogens with one attached hydrogen (secondary N) is 1. The maximum absolute atomic E-state index is 5.88. The van der Waals surface area contributed by atoms with Gasteiger partial charge in [0.15, 0.2) is 0 Å². The van der Waals surface area contributed by atoms with Crippen LogP contribution in [0.5, 0.6) is 11.6 Å². The number of aromatic nitrogens is 1. The van der Waals surface area contributed by atoms with E-state index < -0.39 is 0 Å². The first-order valence-electron chi connectivity index (χ1n) is 6.36. The minimum absolute atomic E-state index is 0.410. The van der Waals surface area contributed by atoms with E-state index in [2.05, 4.69) is 56.0 Å². The molecule has 1 heterocycles. The van der Waals surface area contributed by atoms with Crippen molar-refractivity contribution >= 4 is 31.9 Å². The van der Waals surface area contributed by atoms with Gasteiger partial charge in [0.1, 0.15) is 5.75 Å². The van der Waals surface area contributed by atoms with E-state index in [-0.39, 0.29) is 0 Å². The second kappa shape index (κ2) is 7.20. The van der Waals surface area contributed by atoms with Crippen LogP contribution in [-0.4, -0.2) is 11.0 Å². The van der Waals surface area contributed by atoms with E-state index in [0.29, 0.717) is 18.5 Å². The van der Waals surface area contributed by atoms with Crippen molar-refractivity contribution < 1.29 is 4.74 Å². The predicted molar refractivity (Wildman–Crippen MR) is 88.1 cm³/mol. The molecule has 0 spiro atoms. The maximum Gasteiger partial charge on any atom is 0.223 e. The molecule has 0 saturated heterocycles. The normalized spacial score (nSPS) is 10.8. The number of hydrogen-bond acceptors (Lipinski definition) is 3. The van der Waals surface area contributed by atoms with Crippen molar-refractivity contribution in [2.45, 2.75) is 26.4 Å². The summed E-state index contributed by atoms with van der Waals surface area (Å²) < 4.78 is 7.80. The van der Waals surface area contributed by atoms with Crippen LogP contribution in [0, 0.1) is 0 Å². The van der Waals surface area contributed by atoms with Crippen LogP contribution >= 0.6 is 31.9 Å². The fraction of sp³-hybridized carbons (Fsp3) is 0.267. The quantitative estimate of drug-likeness (QED) is 0.776. The van der Waals surface area contributed by atoms with Gasteiger partial charge in [-0.25, -0.2) is 4.98 Å². The largest absolute Gasteiger partial charge is 0.439 e. The van der Waals surface area contributed by atoms with Crippen LogP contribution < -0.4 is 10.1 Å². The van der Waals surface area contributed by atoms with E-state index in [1.54, 1.807) is 6.20 Å². The van der Waals surface area contributed by atoms with Crippen LogP contribution in [0.3, 0.4) is 0 Å². The summed E-state index contributed by atoms with van der Waals surface area (Å²) in [7, 11) is 0. The molecule has 0 saturated carbocycles. The lowest BCUT2D eigenvalue weighted by Gasteiger charge is -2.13. The molecular weight excluding hydrogens is 384 g/mol. The van der Waals surface area contributed by atoms with Gasteiger partial charge >= 0.3 is 0 Å². The highest BCUT2D eigenvalue weighted by molar-refractivity contribution is 9.10. The van der Waals surface area contributed by atoms with E-state index in [0.717, 1.165) is 20.3 Å². The van der Waals surface area contributed by atoms with Gasteiger partial charge < -0.3 is 10.1 Å². The molecule has 0 aliphatic heterocycles. The standard InChI is InChI=1S/C15H16Br2N2O/c1-10(2)18-8-11-6-13(17)9-19-15(11)20-14-5-3-4-12(16)7-14/h3-7,9-10,18H,8H2,1-2H3. The van der Waals surface area contributed by atoms with Crippen molar-refractivity contribution in [3.05, 3.63) is 51.0 Å². The molecule has 1 aromatic carbocycles. The molecule has 5 heteroatoms. The summed E-state index contributed by atoms with van der Waals surface area (Å²) in [6.07, 6.45) is 1.74. The van der Waals surface area contributed by atoms with E-state index in [1.807, 2.05) is 30.3 Å². The van der Waals surface area contributed by atoms with Crippen molar-refractivity contribution in [1.82, 2.24) is 10.3 Å². The summed E-state index contributed by atoms with van der Waals surface area (Å²) in [6.45, 7) is 4.94. The average molecular weight is 400 g/mol. The van der Waals surface area contributed by atoms with Crippen LogP contribution in [0.25, 0.3) is 0 Å². The second-order valence-electron chi connectivity index (χ2n) is 4.71.